The number of aryl methyl sites for hydroxylation is 1. The highest BCUT2D eigenvalue weighted by molar-refractivity contribution is 7.85. The monoisotopic (exact) mass is 356 g/mol. The fourth-order valence-electron chi connectivity index (χ4n) is 1.52. The van der Waals surface area contributed by atoms with Crippen molar-refractivity contribution in [3.05, 3.63) is 54.1 Å². The minimum Gasteiger partial charge on any atom is -0.492 e. The molecule has 0 radical (unpaired) electrons. The van der Waals surface area contributed by atoms with Gasteiger partial charge in [0.2, 0.25) is 5.95 Å². The predicted octanol–water partition coefficient (Wildman–Crippen LogP) is 2.58. The van der Waals surface area contributed by atoms with E-state index in [-0.39, 0.29) is 10.9 Å². The van der Waals surface area contributed by atoms with Crippen molar-refractivity contribution >= 4 is 10.1 Å². The number of nitrogens with zero attached hydrogens (tertiary/aromatic N) is 1. The number of benzene rings is 1. The van der Waals surface area contributed by atoms with Gasteiger partial charge in [0.1, 0.15) is 5.75 Å². The lowest BCUT2D eigenvalue weighted by atomic mass is 10.2. The molecule has 1 atom stereocenters. The summed E-state index contributed by atoms with van der Waals surface area (Å²) in [5, 5.41) is 0. The van der Waals surface area contributed by atoms with Crippen LogP contribution in [0, 0.1) is 12.9 Å². The van der Waals surface area contributed by atoms with E-state index in [0.717, 1.165) is 12.0 Å². The Labute approximate surface area is 141 Å². The molecule has 0 saturated heterocycles. The van der Waals surface area contributed by atoms with E-state index in [0.29, 0.717) is 12.4 Å². The molecule has 1 aromatic carbocycles. The molecule has 1 aromatic heterocycles. The van der Waals surface area contributed by atoms with E-state index in [1.807, 2.05) is 13.8 Å². The summed E-state index contributed by atoms with van der Waals surface area (Å²) in [5.74, 6) is 0.0709. The van der Waals surface area contributed by atoms with Crippen LogP contribution < -0.4 is 10.5 Å². The van der Waals surface area contributed by atoms with Gasteiger partial charge in [0.25, 0.3) is 10.1 Å². The smallest absolute Gasteiger partial charge is 0.294 e. The van der Waals surface area contributed by atoms with E-state index in [4.69, 9.17) is 15.0 Å². The molecular formula is C16H21FN2O4S. The lowest BCUT2D eigenvalue weighted by molar-refractivity contribution is 0.299. The highest BCUT2D eigenvalue weighted by Gasteiger charge is 2.06. The van der Waals surface area contributed by atoms with Crippen LogP contribution in [-0.4, -0.2) is 30.6 Å². The number of pyridine rings is 1. The molecule has 0 aliphatic rings. The molecule has 2 aromatic rings. The molecule has 6 nitrogen and oxygen atoms in total. The molecule has 132 valence electrons. The number of hydrogen-bond acceptors (Lipinski definition) is 5. The van der Waals surface area contributed by atoms with Crippen LogP contribution in [0.3, 0.4) is 0 Å². The van der Waals surface area contributed by atoms with Crippen LogP contribution in [0.2, 0.25) is 0 Å². The van der Waals surface area contributed by atoms with Gasteiger partial charge in [-0.25, -0.2) is 4.98 Å². The van der Waals surface area contributed by atoms with Gasteiger partial charge in [0, 0.05) is 6.04 Å². The molecule has 0 aliphatic carbocycles. The Balaban J connectivity index is 0.000000243. The van der Waals surface area contributed by atoms with Crippen molar-refractivity contribution < 1.29 is 22.1 Å². The van der Waals surface area contributed by atoms with Crippen LogP contribution in [0.4, 0.5) is 4.39 Å². The Kier molecular flexibility index (Phi) is 7.76. The van der Waals surface area contributed by atoms with Crippen LogP contribution in [-0.2, 0) is 10.1 Å². The molecule has 24 heavy (non-hydrogen) atoms. The summed E-state index contributed by atoms with van der Waals surface area (Å²) in [7, 11) is -4.02. The molecule has 3 N–H and O–H groups in total. The molecule has 1 unspecified atom stereocenters. The summed E-state index contributed by atoms with van der Waals surface area (Å²) in [4.78, 5) is 3.39. The van der Waals surface area contributed by atoms with Crippen LogP contribution in [0.15, 0.2) is 47.5 Å². The normalized spacial score (nSPS) is 12.0. The van der Waals surface area contributed by atoms with Gasteiger partial charge in [-0.3, -0.25) is 4.55 Å². The predicted molar refractivity (Wildman–Crippen MR) is 89.0 cm³/mol. The van der Waals surface area contributed by atoms with Gasteiger partial charge in [-0.1, -0.05) is 17.7 Å². The van der Waals surface area contributed by atoms with E-state index in [1.54, 1.807) is 18.2 Å². The maximum Gasteiger partial charge on any atom is 0.294 e. The van der Waals surface area contributed by atoms with Crippen molar-refractivity contribution in [2.45, 2.75) is 31.2 Å². The van der Waals surface area contributed by atoms with Gasteiger partial charge in [-0.05, 0) is 44.5 Å². The van der Waals surface area contributed by atoms with Crippen molar-refractivity contribution in [2.75, 3.05) is 6.61 Å². The zero-order valence-electron chi connectivity index (χ0n) is 13.5. The fourth-order valence-corrected chi connectivity index (χ4v) is 2.00. The molecule has 1 heterocycles. The van der Waals surface area contributed by atoms with Crippen LogP contribution >= 0.6 is 0 Å². The quantitative estimate of drug-likeness (QED) is 0.630. The third-order valence-corrected chi connectivity index (χ3v) is 3.73. The first-order valence-corrected chi connectivity index (χ1v) is 8.66. The highest BCUT2D eigenvalue weighted by Crippen LogP contribution is 2.09. The van der Waals surface area contributed by atoms with Crippen molar-refractivity contribution in [1.82, 2.24) is 4.98 Å². The van der Waals surface area contributed by atoms with Gasteiger partial charge in [-0.2, -0.15) is 12.8 Å². The van der Waals surface area contributed by atoms with Crippen LogP contribution in [0.5, 0.6) is 5.75 Å². The minimum atomic E-state index is -4.02. The molecule has 0 aliphatic heterocycles. The molecule has 8 heteroatoms. The van der Waals surface area contributed by atoms with Gasteiger partial charge in [-0.15, -0.1) is 0 Å². The Morgan fingerprint density at radius 1 is 1.25 bits per heavy atom. The second-order valence-electron chi connectivity index (χ2n) is 5.22. The van der Waals surface area contributed by atoms with Crippen molar-refractivity contribution in [1.29, 1.82) is 0 Å². The summed E-state index contributed by atoms with van der Waals surface area (Å²) < 4.78 is 47.2. The summed E-state index contributed by atoms with van der Waals surface area (Å²) in [6.07, 6.45) is 2.13. The zero-order chi connectivity index (χ0) is 18.2. The van der Waals surface area contributed by atoms with E-state index in [9.17, 15) is 12.8 Å². The summed E-state index contributed by atoms with van der Waals surface area (Å²) in [6.45, 7) is 4.28. The van der Waals surface area contributed by atoms with Gasteiger partial charge in [0.15, 0.2) is 0 Å². The molecule has 0 amide bonds. The maximum absolute atomic E-state index is 12.4. The van der Waals surface area contributed by atoms with Gasteiger partial charge in [0.05, 0.1) is 17.7 Å². The van der Waals surface area contributed by atoms with Crippen LogP contribution in [0.25, 0.3) is 0 Å². The lowest BCUT2D eigenvalue weighted by Gasteiger charge is -2.06. The molecule has 0 fully saturated rings. The van der Waals surface area contributed by atoms with Crippen molar-refractivity contribution in [2.24, 2.45) is 5.73 Å². The van der Waals surface area contributed by atoms with Crippen molar-refractivity contribution in [3.8, 4) is 5.75 Å². The van der Waals surface area contributed by atoms with Gasteiger partial charge < -0.3 is 10.5 Å². The molecule has 2 rings (SSSR count). The van der Waals surface area contributed by atoms with E-state index in [1.165, 1.54) is 24.4 Å². The summed E-state index contributed by atoms with van der Waals surface area (Å²) >= 11 is 0. The number of aromatic nitrogens is 1. The minimum absolute atomic E-state index is 0.0666. The van der Waals surface area contributed by atoms with E-state index < -0.39 is 16.1 Å². The summed E-state index contributed by atoms with van der Waals surface area (Å²) in [6, 6.07) is 8.92. The molecule has 0 bridgehead atoms. The number of halogens is 1. The zero-order valence-corrected chi connectivity index (χ0v) is 14.3. The summed E-state index contributed by atoms with van der Waals surface area (Å²) in [5.41, 5.74) is 6.48. The number of hydrogen-bond donors (Lipinski definition) is 2. The first-order chi connectivity index (χ1) is 11.2. The largest absolute Gasteiger partial charge is 0.492 e. The van der Waals surface area contributed by atoms with Crippen molar-refractivity contribution in [3.63, 3.8) is 0 Å². The first-order valence-electron chi connectivity index (χ1n) is 7.22. The van der Waals surface area contributed by atoms with E-state index >= 15 is 0 Å². The molecule has 0 saturated carbocycles. The standard InChI is InChI=1S/C9H13FN2O.C7H8O3S/c1-7(11)4-5-13-8-2-3-9(10)12-6-8;1-6-2-4-7(5-3-6)11(8,9)10/h2-3,6-7H,4-5,11H2,1H3;2-5H,1H3,(H,8,9,10). The second-order valence-corrected chi connectivity index (χ2v) is 6.64. The lowest BCUT2D eigenvalue weighted by Crippen LogP contribution is -2.18. The van der Waals surface area contributed by atoms with Crippen LogP contribution in [0.1, 0.15) is 18.9 Å². The first kappa shape index (κ1) is 20.0. The van der Waals surface area contributed by atoms with E-state index in [2.05, 4.69) is 4.98 Å². The number of rotatable bonds is 5. The molecule has 0 spiro atoms. The second kappa shape index (κ2) is 9.31. The Morgan fingerprint density at radius 2 is 1.88 bits per heavy atom. The average molecular weight is 356 g/mol. The third kappa shape index (κ3) is 8.00. The highest BCUT2D eigenvalue weighted by atomic mass is 32.2. The van der Waals surface area contributed by atoms with Gasteiger partial charge >= 0.3 is 0 Å². The number of ether oxygens (including phenoxy) is 1. The third-order valence-electron chi connectivity index (χ3n) is 2.86. The number of nitrogens with two attached hydrogens (primary N) is 1. The molecular weight excluding hydrogens is 335 g/mol. The Morgan fingerprint density at radius 3 is 2.33 bits per heavy atom. The average Bonchev–Trinajstić information content (AvgIpc) is 2.49. The Bertz CT molecular complexity index is 717. The maximum atomic E-state index is 12.4. The fraction of sp³-hybridized carbons (Fsp3) is 0.312. The topological polar surface area (TPSA) is 103 Å². The Hall–Kier alpha value is -2.03. The SMILES string of the molecule is CC(N)CCOc1ccc(F)nc1.Cc1ccc(S(=O)(=O)O)cc1.